The molecule has 0 spiro atoms. The van der Waals surface area contributed by atoms with E-state index < -0.39 is 0 Å². The number of aryl methyl sites for hydroxylation is 2. The number of hydrogen-bond acceptors (Lipinski definition) is 6. The minimum Gasteiger partial charge on any atom is -0.446 e. The van der Waals surface area contributed by atoms with E-state index in [-0.39, 0.29) is 0 Å². The number of hydrogen-bond donors (Lipinski definition) is 1. The van der Waals surface area contributed by atoms with Crippen LogP contribution in [0.1, 0.15) is 5.82 Å². The number of fused-ring (bicyclic) bond motifs is 1. The summed E-state index contributed by atoms with van der Waals surface area (Å²) in [7, 11) is 1.90. The van der Waals surface area contributed by atoms with Crippen molar-refractivity contribution < 1.29 is 4.42 Å². The third-order valence-corrected chi connectivity index (χ3v) is 5.14. The van der Waals surface area contributed by atoms with Gasteiger partial charge in [0.05, 0.1) is 11.0 Å². The molecule has 8 nitrogen and oxygen atoms in total. The summed E-state index contributed by atoms with van der Waals surface area (Å²) in [6.45, 7) is 1.95. The second kappa shape index (κ2) is 6.13. The monoisotopic (exact) mass is 377 g/mol. The Labute approximate surface area is 158 Å². The molecule has 5 rings (SSSR count). The van der Waals surface area contributed by atoms with Crippen LogP contribution in [-0.2, 0) is 7.05 Å². The van der Waals surface area contributed by atoms with Gasteiger partial charge in [-0.1, -0.05) is 0 Å². The Morgan fingerprint density at radius 1 is 1.19 bits per heavy atom. The quantitative estimate of drug-likeness (QED) is 0.515. The summed E-state index contributed by atoms with van der Waals surface area (Å²) in [5.74, 6) is 2.31. The van der Waals surface area contributed by atoms with Crippen molar-refractivity contribution in [2.24, 2.45) is 7.05 Å². The fourth-order valence-corrected chi connectivity index (χ4v) is 3.65. The Balaban J connectivity index is 1.50. The lowest BCUT2D eigenvalue weighted by Crippen LogP contribution is -1.95. The molecule has 27 heavy (non-hydrogen) atoms. The van der Waals surface area contributed by atoms with Crippen molar-refractivity contribution in [3.05, 3.63) is 54.9 Å². The van der Waals surface area contributed by atoms with Crippen molar-refractivity contribution in [3.8, 4) is 17.3 Å². The number of benzene rings is 1. The molecule has 0 aliphatic rings. The molecule has 0 atom stereocenters. The molecule has 134 valence electrons. The summed E-state index contributed by atoms with van der Waals surface area (Å²) in [5.41, 5.74) is 2.92. The summed E-state index contributed by atoms with van der Waals surface area (Å²) < 4.78 is 9.82. The molecule has 0 saturated carbocycles. The zero-order valence-electron chi connectivity index (χ0n) is 14.6. The topological polar surface area (TPSA) is 90.3 Å². The van der Waals surface area contributed by atoms with Crippen LogP contribution in [0.15, 0.2) is 63.7 Å². The average Bonchev–Trinajstić information content (AvgIpc) is 3.41. The highest BCUT2D eigenvalue weighted by Gasteiger charge is 2.15. The molecule has 0 radical (unpaired) electrons. The van der Waals surface area contributed by atoms with E-state index >= 15 is 0 Å². The van der Waals surface area contributed by atoms with Gasteiger partial charge in [0.15, 0.2) is 21.8 Å². The summed E-state index contributed by atoms with van der Waals surface area (Å²) in [5, 5.41) is 9.44. The van der Waals surface area contributed by atoms with E-state index in [4.69, 9.17) is 4.42 Å². The molecule has 0 aliphatic carbocycles. The lowest BCUT2D eigenvalue weighted by Gasteiger charge is -2.06. The molecule has 0 amide bonds. The van der Waals surface area contributed by atoms with Gasteiger partial charge in [0.2, 0.25) is 0 Å². The number of nitrogens with one attached hydrogen (secondary N) is 1. The van der Waals surface area contributed by atoms with E-state index in [2.05, 4.69) is 31.2 Å². The second-order valence-corrected chi connectivity index (χ2v) is 7.06. The Bertz CT molecular complexity index is 1250. The summed E-state index contributed by atoms with van der Waals surface area (Å²) in [4.78, 5) is 12.2. The molecule has 0 unspecified atom stereocenters. The summed E-state index contributed by atoms with van der Waals surface area (Å²) >= 11 is 1.42. The van der Waals surface area contributed by atoms with E-state index in [1.807, 2.05) is 53.6 Å². The molecule has 0 aliphatic heterocycles. The fourth-order valence-electron chi connectivity index (χ4n) is 2.92. The van der Waals surface area contributed by atoms with Crippen molar-refractivity contribution in [1.82, 2.24) is 34.3 Å². The van der Waals surface area contributed by atoms with Crippen LogP contribution >= 0.6 is 11.8 Å². The molecule has 5 aromatic rings. The fraction of sp³-hybridized carbons (Fsp3) is 0.111. The van der Waals surface area contributed by atoms with Gasteiger partial charge in [-0.15, -0.1) is 10.2 Å². The van der Waals surface area contributed by atoms with E-state index in [1.54, 1.807) is 12.5 Å². The molecule has 0 fully saturated rings. The second-order valence-electron chi connectivity index (χ2n) is 6.09. The standard InChI is InChI=1S/C18H15N7OS/c1-11-21-13-4-3-12(9-14(13)22-11)25-8-7-19-17(25)15-5-6-16(26-15)27-18-23-20-10-24(18)2/h3-10H,1-2H3,(H,21,22). The zero-order chi connectivity index (χ0) is 18.4. The number of nitrogens with zero attached hydrogens (tertiary/aromatic N) is 6. The maximum absolute atomic E-state index is 5.99. The molecular weight excluding hydrogens is 362 g/mol. The number of imidazole rings is 2. The van der Waals surface area contributed by atoms with Crippen LogP contribution in [0.2, 0.25) is 0 Å². The molecule has 0 bridgehead atoms. The van der Waals surface area contributed by atoms with Crippen LogP contribution in [0.25, 0.3) is 28.3 Å². The highest BCUT2D eigenvalue weighted by Crippen LogP contribution is 2.32. The first-order valence-electron chi connectivity index (χ1n) is 8.29. The Kier molecular flexibility index (Phi) is 3.61. The number of aromatic nitrogens is 7. The predicted octanol–water partition coefficient (Wildman–Crippen LogP) is 3.60. The number of aromatic amines is 1. The molecule has 0 saturated heterocycles. The third-order valence-electron chi connectivity index (χ3n) is 4.17. The molecular formula is C18H15N7OS. The molecule has 9 heteroatoms. The smallest absolute Gasteiger partial charge is 0.198 e. The molecule has 1 N–H and O–H groups in total. The predicted molar refractivity (Wildman–Crippen MR) is 101 cm³/mol. The molecule has 1 aromatic carbocycles. The minimum absolute atomic E-state index is 0.686. The first kappa shape index (κ1) is 15.9. The zero-order valence-corrected chi connectivity index (χ0v) is 15.4. The lowest BCUT2D eigenvalue weighted by atomic mass is 10.2. The highest BCUT2D eigenvalue weighted by molar-refractivity contribution is 7.99. The van der Waals surface area contributed by atoms with Gasteiger partial charge in [0.1, 0.15) is 12.2 Å². The van der Waals surface area contributed by atoms with Gasteiger partial charge < -0.3 is 14.0 Å². The number of furan rings is 1. The van der Waals surface area contributed by atoms with E-state index in [1.165, 1.54) is 11.8 Å². The van der Waals surface area contributed by atoms with Crippen LogP contribution in [0.4, 0.5) is 0 Å². The van der Waals surface area contributed by atoms with Gasteiger partial charge in [0.25, 0.3) is 0 Å². The van der Waals surface area contributed by atoms with Gasteiger partial charge in [-0.25, -0.2) is 9.97 Å². The van der Waals surface area contributed by atoms with Gasteiger partial charge in [-0.05, 0) is 49.0 Å². The first-order valence-corrected chi connectivity index (χ1v) is 9.11. The molecule has 4 aromatic heterocycles. The van der Waals surface area contributed by atoms with Crippen LogP contribution in [0, 0.1) is 6.92 Å². The summed E-state index contributed by atoms with van der Waals surface area (Å²) in [6, 6.07) is 9.89. The number of H-pyrrole nitrogens is 1. The maximum Gasteiger partial charge on any atom is 0.198 e. The van der Waals surface area contributed by atoms with Crippen LogP contribution in [0.3, 0.4) is 0 Å². The minimum atomic E-state index is 0.686. The third kappa shape index (κ3) is 2.81. The maximum atomic E-state index is 5.99. The SMILES string of the molecule is Cc1nc2ccc(-n3ccnc3-c3ccc(Sc4nncn4C)o3)cc2[nH]1. The van der Waals surface area contributed by atoms with Gasteiger partial charge in [0, 0.05) is 25.1 Å². The van der Waals surface area contributed by atoms with Crippen molar-refractivity contribution in [1.29, 1.82) is 0 Å². The van der Waals surface area contributed by atoms with E-state index in [0.717, 1.165) is 38.6 Å². The molecule has 4 heterocycles. The Morgan fingerprint density at radius 2 is 2.11 bits per heavy atom. The van der Waals surface area contributed by atoms with Crippen molar-refractivity contribution in [3.63, 3.8) is 0 Å². The largest absolute Gasteiger partial charge is 0.446 e. The Morgan fingerprint density at radius 3 is 2.96 bits per heavy atom. The van der Waals surface area contributed by atoms with Crippen molar-refractivity contribution >= 4 is 22.8 Å². The van der Waals surface area contributed by atoms with Crippen LogP contribution in [-0.4, -0.2) is 34.3 Å². The highest BCUT2D eigenvalue weighted by atomic mass is 32.2. The normalized spacial score (nSPS) is 11.5. The van der Waals surface area contributed by atoms with Gasteiger partial charge >= 0.3 is 0 Å². The van der Waals surface area contributed by atoms with Crippen LogP contribution in [0.5, 0.6) is 0 Å². The van der Waals surface area contributed by atoms with Crippen molar-refractivity contribution in [2.45, 2.75) is 17.2 Å². The van der Waals surface area contributed by atoms with E-state index in [0.29, 0.717) is 5.76 Å². The van der Waals surface area contributed by atoms with Gasteiger partial charge in [-0.3, -0.25) is 4.57 Å². The summed E-state index contributed by atoms with van der Waals surface area (Å²) in [6.07, 6.45) is 5.33. The number of rotatable bonds is 4. The Hall–Kier alpha value is -3.33. The lowest BCUT2D eigenvalue weighted by molar-refractivity contribution is 0.482. The first-order chi connectivity index (χ1) is 13.2. The van der Waals surface area contributed by atoms with Crippen molar-refractivity contribution in [2.75, 3.05) is 0 Å². The average molecular weight is 377 g/mol. The van der Waals surface area contributed by atoms with E-state index in [9.17, 15) is 0 Å². The van der Waals surface area contributed by atoms with Gasteiger partial charge in [-0.2, -0.15) is 0 Å². The van der Waals surface area contributed by atoms with Crippen LogP contribution < -0.4 is 0 Å².